The molecule has 1 fully saturated rings. The smallest absolute Gasteiger partial charge is 0.351 e. The molecule has 0 bridgehead atoms. The molecule has 1 saturated heterocycles. The van der Waals surface area contributed by atoms with E-state index in [9.17, 15) is 20.1 Å². The van der Waals surface area contributed by atoms with Gasteiger partial charge in [0.1, 0.15) is 23.6 Å². The second-order valence-electron chi connectivity index (χ2n) is 4.56. The van der Waals surface area contributed by atoms with Crippen LogP contribution in [-0.2, 0) is 4.74 Å². The summed E-state index contributed by atoms with van der Waals surface area (Å²) in [6.07, 6.45) is -2.13. The highest BCUT2D eigenvalue weighted by molar-refractivity contribution is 5.23. The minimum absolute atomic E-state index is 0.0539. The van der Waals surface area contributed by atoms with Crippen molar-refractivity contribution >= 4 is 5.82 Å². The van der Waals surface area contributed by atoms with Crippen LogP contribution in [0.25, 0.3) is 0 Å². The molecule has 0 radical (unpaired) electrons. The van der Waals surface area contributed by atoms with Gasteiger partial charge < -0.3 is 25.8 Å². The van der Waals surface area contributed by atoms with Crippen molar-refractivity contribution in [1.29, 1.82) is 0 Å². The van der Waals surface area contributed by atoms with Crippen molar-refractivity contribution in [3.05, 3.63) is 22.7 Å². The fourth-order valence-corrected chi connectivity index (χ4v) is 2.22. The first-order valence-corrected chi connectivity index (χ1v) is 5.94. The van der Waals surface area contributed by atoms with Crippen molar-refractivity contribution in [3.63, 3.8) is 0 Å². The monoisotopic (exact) mass is 271 g/mol. The van der Waals surface area contributed by atoms with Crippen LogP contribution in [0.15, 0.2) is 17.1 Å². The summed E-state index contributed by atoms with van der Waals surface area (Å²) < 4.78 is 6.55. The van der Waals surface area contributed by atoms with Gasteiger partial charge in [0, 0.05) is 6.20 Å². The van der Waals surface area contributed by atoms with Gasteiger partial charge in [0.15, 0.2) is 6.23 Å². The third-order valence-electron chi connectivity index (χ3n) is 3.50. The van der Waals surface area contributed by atoms with Crippen LogP contribution >= 0.6 is 0 Å². The quantitative estimate of drug-likeness (QED) is 0.511. The summed E-state index contributed by atoms with van der Waals surface area (Å²) in [4.78, 5) is 15.2. The van der Waals surface area contributed by atoms with Crippen LogP contribution in [0.1, 0.15) is 19.6 Å². The van der Waals surface area contributed by atoms with Gasteiger partial charge in [0.25, 0.3) is 0 Å². The standard InChI is InChI=1S/C11H17N3O5/c1-2-11(5-15)8(17)7(16)9(19-11)14-4-3-6(12)13-10(14)18/h3-4,7-9,15-17H,2,5H2,1H3,(H2,12,13,18)/t7-,8-,9+,11+/m0/s1. The Morgan fingerprint density at radius 2 is 2.26 bits per heavy atom. The van der Waals surface area contributed by atoms with E-state index < -0.39 is 36.3 Å². The van der Waals surface area contributed by atoms with Crippen LogP contribution in [0.4, 0.5) is 5.82 Å². The minimum atomic E-state index is -1.34. The van der Waals surface area contributed by atoms with Gasteiger partial charge in [-0.05, 0) is 12.5 Å². The van der Waals surface area contributed by atoms with Crippen LogP contribution in [0.5, 0.6) is 0 Å². The number of anilines is 1. The molecule has 2 rings (SSSR count). The first kappa shape index (κ1) is 13.9. The van der Waals surface area contributed by atoms with Crippen LogP contribution in [-0.4, -0.2) is 49.3 Å². The van der Waals surface area contributed by atoms with Crippen molar-refractivity contribution in [2.75, 3.05) is 12.3 Å². The number of ether oxygens (including phenoxy) is 1. The number of hydrogen-bond donors (Lipinski definition) is 4. The predicted molar refractivity (Wildman–Crippen MR) is 65.2 cm³/mol. The Morgan fingerprint density at radius 1 is 1.58 bits per heavy atom. The molecule has 4 atom stereocenters. The Labute approximate surface area is 109 Å². The summed E-state index contributed by atoms with van der Waals surface area (Å²) in [6, 6.07) is 1.38. The van der Waals surface area contributed by atoms with Gasteiger partial charge >= 0.3 is 5.69 Å². The zero-order valence-corrected chi connectivity index (χ0v) is 10.4. The number of hydrogen-bond acceptors (Lipinski definition) is 7. The van der Waals surface area contributed by atoms with Crippen LogP contribution in [0, 0.1) is 0 Å². The first-order valence-electron chi connectivity index (χ1n) is 5.94. The fourth-order valence-electron chi connectivity index (χ4n) is 2.22. The van der Waals surface area contributed by atoms with E-state index in [-0.39, 0.29) is 12.2 Å². The zero-order chi connectivity index (χ0) is 14.2. The van der Waals surface area contributed by atoms with Gasteiger partial charge in [-0.1, -0.05) is 6.92 Å². The maximum atomic E-state index is 11.7. The number of nitrogens with zero attached hydrogens (tertiary/aromatic N) is 2. The highest BCUT2D eigenvalue weighted by atomic mass is 16.6. The Hall–Kier alpha value is -1.48. The molecule has 0 amide bonds. The highest BCUT2D eigenvalue weighted by Crippen LogP contribution is 2.38. The van der Waals surface area contributed by atoms with Gasteiger partial charge in [-0.3, -0.25) is 4.57 Å². The topological polar surface area (TPSA) is 131 Å². The van der Waals surface area contributed by atoms with Gasteiger partial charge in [0.2, 0.25) is 0 Å². The lowest BCUT2D eigenvalue weighted by Crippen LogP contribution is -2.45. The van der Waals surface area contributed by atoms with E-state index in [1.165, 1.54) is 12.3 Å². The highest BCUT2D eigenvalue weighted by Gasteiger charge is 2.53. The molecule has 0 saturated carbocycles. The summed E-state index contributed by atoms with van der Waals surface area (Å²) in [5, 5.41) is 29.4. The largest absolute Gasteiger partial charge is 0.393 e. The Balaban J connectivity index is 2.39. The molecule has 1 aromatic heterocycles. The Kier molecular flexibility index (Phi) is 3.59. The minimum Gasteiger partial charge on any atom is -0.393 e. The second-order valence-corrected chi connectivity index (χ2v) is 4.56. The lowest BCUT2D eigenvalue weighted by Gasteiger charge is -2.28. The average Bonchev–Trinajstić information content (AvgIpc) is 2.64. The lowest BCUT2D eigenvalue weighted by atomic mass is 9.93. The van der Waals surface area contributed by atoms with Gasteiger partial charge in [-0.2, -0.15) is 4.98 Å². The maximum Gasteiger partial charge on any atom is 0.351 e. The van der Waals surface area contributed by atoms with Crippen molar-refractivity contribution in [2.24, 2.45) is 0 Å². The number of rotatable bonds is 3. The van der Waals surface area contributed by atoms with Crippen molar-refractivity contribution < 1.29 is 20.1 Å². The predicted octanol–water partition coefficient (Wildman–Crippen LogP) is -1.78. The first-order chi connectivity index (χ1) is 8.95. The molecule has 1 aliphatic heterocycles. The number of aromatic nitrogens is 2. The normalized spacial score (nSPS) is 34.6. The number of nitrogen functional groups attached to an aromatic ring is 1. The lowest BCUT2D eigenvalue weighted by molar-refractivity contribution is -0.130. The molecule has 0 aromatic carbocycles. The van der Waals surface area contributed by atoms with Crippen LogP contribution in [0.2, 0.25) is 0 Å². The number of aliphatic hydroxyl groups is 3. The maximum absolute atomic E-state index is 11.7. The SMILES string of the molecule is CC[C@]1(CO)O[C@@H](n2ccc(N)nc2=O)[C@@H](O)[C@@H]1O. The summed E-state index contributed by atoms with van der Waals surface area (Å²) in [6.45, 7) is 1.24. The molecule has 106 valence electrons. The van der Waals surface area contributed by atoms with E-state index in [2.05, 4.69) is 4.98 Å². The number of nitrogens with two attached hydrogens (primary N) is 1. The fraction of sp³-hybridized carbons (Fsp3) is 0.636. The molecular formula is C11H17N3O5. The molecular weight excluding hydrogens is 254 g/mol. The summed E-state index contributed by atoms with van der Waals surface area (Å²) in [5.74, 6) is 0.0539. The molecule has 8 heteroatoms. The zero-order valence-electron chi connectivity index (χ0n) is 10.4. The molecule has 0 spiro atoms. The summed E-state index contributed by atoms with van der Waals surface area (Å²) in [5.41, 5.74) is 3.40. The van der Waals surface area contributed by atoms with E-state index in [1.807, 2.05) is 0 Å². The molecule has 5 N–H and O–H groups in total. The molecule has 19 heavy (non-hydrogen) atoms. The van der Waals surface area contributed by atoms with E-state index in [1.54, 1.807) is 6.92 Å². The summed E-state index contributed by atoms with van der Waals surface area (Å²) in [7, 11) is 0. The Morgan fingerprint density at radius 3 is 2.74 bits per heavy atom. The summed E-state index contributed by atoms with van der Waals surface area (Å²) >= 11 is 0. The van der Waals surface area contributed by atoms with E-state index in [4.69, 9.17) is 10.5 Å². The van der Waals surface area contributed by atoms with Gasteiger partial charge in [0.05, 0.1) is 6.61 Å². The van der Waals surface area contributed by atoms with Crippen molar-refractivity contribution in [1.82, 2.24) is 9.55 Å². The molecule has 1 aliphatic rings. The Bertz CT molecular complexity index is 513. The molecule has 8 nitrogen and oxygen atoms in total. The third kappa shape index (κ3) is 2.12. The van der Waals surface area contributed by atoms with Crippen molar-refractivity contribution in [3.8, 4) is 0 Å². The molecule has 0 aliphatic carbocycles. The van der Waals surface area contributed by atoms with Crippen LogP contribution < -0.4 is 11.4 Å². The number of aliphatic hydroxyl groups excluding tert-OH is 3. The van der Waals surface area contributed by atoms with Crippen molar-refractivity contribution in [2.45, 2.75) is 37.4 Å². The van der Waals surface area contributed by atoms with E-state index in [0.717, 1.165) is 4.57 Å². The van der Waals surface area contributed by atoms with Gasteiger partial charge in [-0.25, -0.2) is 4.79 Å². The van der Waals surface area contributed by atoms with Gasteiger partial charge in [-0.15, -0.1) is 0 Å². The molecule has 2 heterocycles. The van der Waals surface area contributed by atoms with E-state index in [0.29, 0.717) is 0 Å². The van der Waals surface area contributed by atoms with E-state index >= 15 is 0 Å². The molecule has 1 aromatic rings. The molecule has 0 unspecified atom stereocenters. The average molecular weight is 271 g/mol. The van der Waals surface area contributed by atoms with Crippen LogP contribution in [0.3, 0.4) is 0 Å². The second kappa shape index (κ2) is 4.89. The third-order valence-corrected chi connectivity index (χ3v) is 3.50.